The minimum absolute atomic E-state index is 0.0530. The van der Waals surface area contributed by atoms with Crippen molar-refractivity contribution in [2.75, 3.05) is 12.4 Å². The number of alkyl halides is 3. The van der Waals surface area contributed by atoms with E-state index in [2.05, 4.69) is 25.3 Å². The number of ether oxygens (including phenoxy) is 1. The minimum atomic E-state index is -4.55. The van der Waals surface area contributed by atoms with Crippen LogP contribution in [0.2, 0.25) is 5.15 Å². The van der Waals surface area contributed by atoms with Crippen LogP contribution in [-0.2, 0) is 19.3 Å². The first kappa shape index (κ1) is 27.5. The third-order valence-corrected chi connectivity index (χ3v) is 7.40. The molecule has 0 fully saturated rings. The molecule has 4 aromatic heterocycles. The number of rotatable bonds is 5. The third kappa shape index (κ3) is 5.34. The molecule has 0 radical (unpaired) electrons. The minimum Gasteiger partial charge on any atom is -0.494 e. The summed E-state index contributed by atoms with van der Waals surface area (Å²) in [6, 6.07) is 4.25. The summed E-state index contributed by atoms with van der Waals surface area (Å²) in [5, 5.41) is 3.35. The molecular weight excluding hydrogens is 569 g/mol. The fraction of sp³-hybridized carbons (Fsp3) is 0.231. The lowest BCUT2D eigenvalue weighted by Gasteiger charge is -2.17. The van der Waals surface area contributed by atoms with Crippen molar-refractivity contribution >= 4 is 39.9 Å². The van der Waals surface area contributed by atoms with Crippen LogP contribution in [0, 0.1) is 13.8 Å². The summed E-state index contributed by atoms with van der Waals surface area (Å²) >= 11 is 7.31. The molecular formula is C26H20ClF3N6O3S. The van der Waals surface area contributed by atoms with Crippen LogP contribution in [0.4, 0.5) is 18.3 Å². The van der Waals surface area contributed by atoms with Crippen LogP contribution in [-0.4, -0.2) is 43.8 Å². The van der Waals surface area contributed by atoms with Gasteiger partial charge in [-0.2, -0.15) is 13.2 Å². The van der Waals surface area contributed by atoms with E-state index in [1.165, 1.54) is 42.7 Å². The Morgan fingerprint density at radius 1 is 1.05 bits per heavy atom. The van der Waals surface area contributed by atoms with Gasteiger partial charge in [0.2, 0.25) is 0 Å². The predicted molar refractivity (Wildman–Crippen MR) is 141 cm³/mol. The molecule has 40 heavy (non-hydrogen) atoms. The molecule has 0 atom stereocenters. The molecule has 0 saturated carbocycles. The molecule has 4 aromatic rings. The van der Waals surface area contributed by atoms with Gasteiger partial charge in [-0.05, 0) is 37.6 Å². The molecule has 0 unspecified atom stereocenters. The highest BCUT2D eigenvalue weighted by molar-refractivity contribution is 7.16. The molecule has 1 aliphatic heterocycles. The molecule has 0 spiro atoms. The van der Waals surface area contributed by atoms with E-state index in [9.17, 15) is 22.8 Å². The molecule has 0 aliphatic carbocycles. The van der Waals surface area contributed by atoms with E-state index >= 15 is 0 Å². The van der Waals surface area contributed by atoms with Gasteiger partial charge < -0.3 is 9.64 Å². The second-order valence-corrected chi connectivity index (χ2v) is 10.4. The number of aryl methyl sites for hydroxylation is 2. The summed E-state index contributed by atoms with van der Waals surface area (Å²) in [5.41, 5.74) is 1.81. The van der Waals surface area contributed by atoms with Crippen LogP contribution in [0.1, 0.15) is 48.2 Å². The van der Waals surface area contributed by atoms with Crippen molar-refractivity contribution in [3.8, 4) is 16.9 Å². The zero-order valence-electron chi connectivity index (χ0n) is 21.3. The predicted octanol–water partition coefficient (Wildman–Crippen LogP) is 5.70. The van der Waals surface area contributed by atoms with E-state index in [0.29, 0.717) is 39.6 Å². The van der Waals surface area contributed by atoms with Gasteiger partial charge >= 0.3 is 6.18 Å². The van der Waals surface area contributed by atoms with Gasteiger partial charge in [-0.25, -0.2) is 9.97 Å². The van der Waals surface area contributed by atoms with Crippen LogP contribution >= 0.6 is 22.9 Å². The number of carbonyl (C=O) groups is 2. The Kier molecular flexibility index (Phi) is 7.19. The molecule has 2 amide bonds. The van der Waals surface area contributed by atoms with Crippen LogP contribution in [0.3, 0.4) is 0 Å². The topological polar surface area (TPSA) is 110 Å². The SMILES string of the molecule is COc1cnc(Cl)cc1-c1cc(C)ncc1C(=O)Nc1nc2c(s1)CN(C(=O)c1ncc(C(F)(F)F)cc1C)C2. The average molecular weight is 589 g/mol. The highest BCUT2D eigenvalue weighted by atomic mass is 35.5. The van der Waals surface area contributed by atoms with Gasteiger partial charge in [-0.15, -0.1) is 0 Å². The lowest BCUT2D eigenvalue weighted by molar-refractivity contribution is -0.137. The van der Waals surface area contributed by atoms with Crippen LogP contribution in [0.5, 0.6) is 5.75 Å². The number of fused-ring (bicyclic) bond motifs is 1. The number of methoxy groups -OCH3 is 1. The first-order valence-electron chi connectivity index (χ1n) is 11.7. The number of nitrogens with zero attached hydrogens (tertiary/aromatic N) is 5. The van der Waals surface area contributed by atoms with Crippen molar-refractivity contribution in [1.29, 1.82) is 0 Å². The maximum atomic E-state index is 13.3. The van der Waals surface area contributed by atoms with Gasteiger partial charge in [0.25, 0.3) is 11.8 Å². The molecule has 9 nitrogen and oxygen atoms in total. The number of aromatic nitrogens is 4. The number of pyridine rings is 3. The molecule has 5 heterocycles. The van der Waals surface area contributed by atoms with E-state index in [0.717, 1.165) is 10.9 Å². The Labute approximate surface area is 235 Å². The molecule has 0 aromatic carbocycles. The molecule has 14 heteroatoms. The lowest BCUT2D eigenvalue weighted by atomic mass is 10.0. The molecule has 206 valence electrons. The number of thiazole rings is 1. The van der Waals surface area contributed by atoms with Gasteiger partial charge in [-0.1, -0.05) is 22.9 Å². The normalized spacial score (nSPS) is 12.8. The summed E-state index contributed by atoms with van der Waals surface area (Å²) in [7, 11) is 1.49. The number of carbonyl (C=O) groups excluding carboxylic acids is 2. The maximum absolute atomic E-state index is 13.3. The summed E-state index contributed by atoms with van der Waals surface area (Å²) in [4.78, 5) is 45.0. The maximum Gasteiger partial charge on any atom is 0.417 e. The Bertz CT molecular complexity index is 1640. The summed E-state index contributed by atoms with van der Waals surface area (Å²) < 4.78 is 44.3. The largest absolute Gasteiger partial charge is 0.494 e. The molecule has 0 bridgehead atoms. The summed E-state index contributed by atoms with van der Waals surface area (Å²) in [6.45, 7) is 3.53. The zero-order chi connectivity index (χ0) is 28.8. The first-order valence-corrected chi connectivity index (χ1v) is 12.9. The molecule has 1 N–H and O–H groups in total. The van der Waals surface area contributed by atoms with Crippen molar-refractivity contribution in [1.82, 2.24) is 24.8 Å². The highest BCUT2D eigenvalue weighted by Gasteiger charge is 2.34. The Morgan fingerprint density at radius 2 is 1.82 bits per heavy atom. The first-order chi connectivity index (χ1) is 18.9. The van der Waals surface area contributed by atoms with E-state index < -0.39 is 23.6 Å². The van der Waals surface area contributed by atoms with Crippen molar-refractivity contribution in [2.45, 2.75) is 33.1 Å². The fourth-order valence-electron chi connectivity index (χ4n) is 4.26. The van der Waals surface area contributed by atoms with Gasteiger partial charge in [0.1, 0.15) is 16.6 Å². The molecule has 5 rings (SSSR count). The smallest absolute Gasteiger partial charge is 0.417 e. The Hall–Kier alpha value is -4.10. The highest BCUT2D eigenvalue weighted by Crippen LogP contribution is 2.36. The number of hydrogen-bond acceptors (Lipinski definition) is 8. The van der Waals surface area contributed by atoms with E-state index in [1.807, 2.05) is 0 Å². The second-order valence-electron chi connectivity index (χ2n) is 8.97. The van der Waals surface area contributed by atoms with Crippen molar-refractivity contribution in [3.05, 3.63) is 80.6 Å². The third-order valence-electron chi connectivity index (χ3n) is 6.20. The summed E-state index contributed by atoms with van der Waals surface area (Å²) in [6.07, 6.45) is -0.972. The van der Waals surface area contributed by atoms with Crippen molar-refractivity contribution < 1.29 is 27.5 Å². The second kappa shape index (κ2) is 10.5. The van der Waals surface area contributed by atoms with Gasteiger partial charge in [0, 0.05) is 29.2 Å². The zero-order valence-corrected chi connectivity index (χ0v) is 22.8. The Balaban J connectivity index is 1.33. The van der Waals surface area contributed by atoms with Gasteiger partial charge in [-0.3, -0.25) is 24.9 Å². The van der Waals surface area contributed by atoms with Crippen LogP contribution in [0.25, 0.3) is 11.1 Å². The molecule has 1 aliphatic rings. The van der Waals surface area contributed by atoms with Crippen molar-refractivity contribution in [2.24, 2.45) is 0 Å². The van der Waals surface area contributed by atoms with E-state index in [1.54, 1.807) is 19.1 Å². The number of halogens is 4. The number of hydrogen-bond donors (Lipinski definition) is 1. The fourth-order valence-corrected chi connectivity index (χ4v) is 5.40. The average Bonchev–Trinajstić information content (AvgIpc) is 3.46. The van der Waals surface area contributed by atoms with Crippen LogP contribution in [0.15, 0.2) is 36.8 Å². The Morgan fingerprint density at radius 3 is 2.50 bits per heavy atom. The molecule has 0 saturated heterocycles. The van der Waals surface area contributed by atoms with Gasteiger partial charge in [0.05, 0.1) is 48.1 Å². The number of anilines is 1. The van der Waals surface area contributed by atoms with Crippen LogP contribution < -0.4 is 10.1 Å². The monoisotopic (exact) mass is 588 g/mol. The number of amides is 2. The standard InChI is InChI=1S/C26H20ClF3N6O3S/c1-12-4-14(26(28,29)30)7-33-22(12)24(38)36-10-18-20(11-36)40-25(34-18)35-23(37)17-8-31-13(2)5-15(17)16-6-21(27)32-9-19(16)39-3/h4-9H,10-11H2,1-3H3,(H,34,35,37). The van der Waals surface area contributed by atoms with Gasteiger partial charge in [0.15, 0.2) is 5.13 Å². The van der Waals surface area contributed by atoms with Crippen molar-refractivity contribution in [3.63, 3.8) is 0 Å². The lowest BCUT2D eigenvalue weighted by Crippen LogP contribution is -2.27. The number of nitrogens with one attached hydrogen (secondary N) is 1. The van der Waals surface area contributed by atoms with E-state index in [4.69, 9.17) is 16.3 Å². The summed E-state index contributed by atoms with van der Waals surface area (Å²) in [5.74, 6) is -0.524. The quantitative estimate of drug-likeness (QED) is 0.298. The van der Waals surface area contributed by atoms with E-state index in [-0.39, 0.29) is 35.1 Å².